The van der Waals surface area contributed by atoms with Gasteiger partial charge < -0.3 is 9.47 Å². The summed E-state index contributed by atoms with van der Waals surface area (Å²) in [6.45, 7) is 0.473. The Morgan fingerprint density at radius 2 is 2.05 bits per heavy atom. The van der Waals surface area contributed by atoms with Crippen LogP contribution in [0.15, 0.2) is 21.5 Å². The van der Waals surface area contributed by atoms with Crippen molar-refractivity contribution < 1.29 is 27.1 Å². The maximum atomic E-state index is 13.4. The molecule has 0 unspecified atom stereocenters. The van der Waals surface area contributed by atoms with Crippen LogP contribution < -0.4 is 5.14 Å². The molecule has 0 aliphatic heterocycles. The molecular formula is C11H13BrFNO5S. The van der Waals surface area contributed by atoms with E-state index in [-0.39, 0.29) is 16.6 Å². The van der Waals surface area contributed by atoms with Gasteiger partial charge in [-0.1, -0.05) is 0 Å². The van der Waals surface area contributed by atoms with E-state index in [0.717, 1.165) is 12.1 Å². The van der Waals surface area contributed by atoms with Crippen LogP contribution in [0.4, 0.5) is 4.39 Å². The van der Waals surface area contributed by atoms with E-state index < -0.39 is 26.7 Å². The third-order valence-corrected chi connectivity index (χ3v) is 4.31. The molecule has 2 N–H and O–H groups in total. The van der Waals surface area contributed by atoms with Crippen LogP contribution in [0.25, 0.3) is 0 Å². The first-order valence-corrected chi connectivity index (χ1v) is 7.79. The highest BCUT2D eigenvalue weighted by molar-refractivity contribution is 9.10. The largest absolute Gasteiger partial charge is 0.462 e. The summed E-state index contributed by atoms with van der Waals surface area (Å²) in [6.07, 6.45) is 0.469. The van der Waals surface area contributed by atoms with E-state index in [2.05, 4.69) is 15.9 Å². The van der Waals surface area contributed by atoms with Gasteiger partial charge in [-0.05, 0) is 28.1 Å². The van der Waals surface area contributed by atoms with Gasteiger partial charge in [0.15, 0.2) is 0 Å². The zero-order chi connectivity index (χ0) is 15.3. The zero-order valence-corrected chi connectivity index (χ0v) is 13.0. The van der Waals surface area contributed by atoms with Crippen molar-refractivity contribution in [3.8, 4) is 0 Å². The van der Waals surface area contributed by atoms with E-state index >= 15 is 0 Å². The summed E-state index contributed by atoms with van der Waals surface area (Å²) in [4.78, 5) is 11.3. The summed E-state index contributed by atoms with van der Waals surface area (Å²) in [5, 5.41) is 4.94. The van der Waals surface area contributed by atoms with E-state index in [1.54, 1.807) is 0 Å². The lowest BCUT2D eigenvalue weighted by molar-refractivity contribution is 0.0466. The molecule has 0 aliphatic rings. The summed E-state index contributed by atoms with van der Waals surface area (Å²) < 4.78 is 45.5. The number of benzene rings is 1. The lowest BCUT2D eigenvalue weighted by Crippen LogP contribution is -2.16. The molecule has 0 saturated carbocycles. The monoisotopic (exact) mass is 369 g/mol. The van der Waals surface area contributed by atoms with Crippen LogP contribution in [-0.2, 0) is 19.5 Å². The Morgan fingerprint density at radius 3 is 2.60 bits per heavy atom. The molecule has 0 amide bonds. The van der Waals surface area contributed by atoms with E-state index in [1.807, 2.05) is 0 Å². The molecule has 0 atom stereocenters. The molecule has 1 aromatic rings. The number of hydrogen-bond acceptors (Lipinski definition) is 5. The van der Waals surface area contributed by atoms with Crippen molar-refractivity contribution in [2.75, 3.05) is 20.3 Å². The van der Waals surface area contributed by atoms with E-state index in [9.17, 15) is 17.6 Å². The fourth-order valence-electron chi connectivity index (χ4n) is 1.37. The molecule has 0 aromatic heterocycles. The molecule has 112 valence electrons. The number of carbonyl (C=O) groups is 1. The average molecular weight is 370 g/mol. The van der Waals surface area contributed by atoms with E-state index in [1.165, 1.54) is 7.11 Å². The van der Waals surface area contributed by atoms with Gasteiger partial charge in [-0.2, -0.15) is 0 Å². The van der Waals surface area contributed by atoms with Gasteiger partial charge in [0.2, 0.25) is 10.0 Å². The molecule has 0 heterocycles. The second kappa shape index (κ2) is 7.11. The van der Waals surface area contributed by atoms with Crippen molar-refractivity contribution in [1.29, 1.82) is 0 Å². The van der Waals surface area contributed by atoms with Gasteiger partial charge in [-0.3, -0.25) is 0 Å². The Labute approximate surface area is 124 Å². The minimum absolute atomic E-state index is 0.0698. The van der Waals surface area contributed by atoms with Crippen LogP contribution in [0.5, 0.6) is 0 Å². The minimum atomic E-state index is -4.16. The normalized spacial score (nSPS) is 11.4. The molecule has 1 aromatic carbocycles. The smallest absolute Gasteiger partial charge is 0.339 e. The first kappa shape index (κ1) is 17.0. The highest BCUT2D eigenvalue weighted by Gasteiger charge is 2.22. The Bertz CT molecular complexity index is 605. The lowest BCUT2D eigenvalue weighted by Gasteiger charge is -2.09. The fourth-order valence-corrected chi connectivity index (χ4v) is 3.07. The number of esters is 1. The average Bonchev–Trinajstić information content (AvgIpc) is 2.35. The highest BCUT2D eigenvalue weighted by Crippen LogP contribution is 2.27. The SMILES string of the molecule is COCCCOC(=O)c1cc(F)cc(S(N)(=O)=O)c1Br. The van der Waals surface area contributed by atoms with E-state index in [0.29, 0.717) is 13.0 Å². The van der Waals surface area contributed by atoms with Gasteiger partial charge in [-0.25, -0.2) is 22.7 Å². The molecule has 0 spiro atoms. The van der Waals surface area contributed by atoms with Gasteiger partial charge >= 0.3 is 5.97 Å². The third kappa shape index (κ3) is 4.51. The van der Waals surface area contributed by atoms with Crippen molar-refractivity contribution >= 4 is 31.9 Å². The number of ether oxygens (including phenoxy) is 2. The number of halogens is 2. The van der Waals surface area contributed by atoms with Crippen molar-refractivity contribution in [2.24, 2.45) is 5.14 Å². The molecule has 20 heavy (non-hydrogen) atoms. The Balaban J connectivity index is 3.01. The van der Waals surface area contributed by atoms with Crippen LogP contribution in [0, 0.1) is 5.82 Å². The van der Waals surface area contributed by atoms with Gasteiger partial charge in [0.25, 0.3) is 0 Å². The second-order valence-corrected chi connectivity index (χ2v) is 6.12. The van der Waals surface area contributed by atoms with Crippen molar-refractivity contribution in [3.63, 3.8) is 0 Å². The van der Waals surface area contributed by atoms with Crippen LogP contribution in [0.2, 0.25) is 0 Å². The number of sulfonamides is 1. The molecule has 0 aliphatic carbocycles. The maximum absolute atomic E-state index is 13.4. The van der Waals surface area contributed by atoms with Crippen LogP contribution in [0.3, 0.4) is 0 Å². The van der Waals surface area contributed by atoms with Gasteiger partial charge in [-0.15, -0.1) is 0 Å². The molecule has 0 bridgehead atoms. The molecule has 9 heteroatoms. The summed E-state index contributed by atoms with van der Waals surface area (Å²) in [5.41, 5.74) is -0.244. The van der Waals surface area contributed by atoms with E-state index in [4.69, 9.17) is 14.6 Å². The van der Waals surface area contributed by atoms with Gasteiger partial charge in [0.05, 0.1) is 21.5 Å². The van der Waals surface area contributed by atoms with Crippen LogP contribution in [-0.4, -0.2) is 34.7 Å². The minimum Gasteiger partial charge on any atom is -0.462 e. The standard InChI is InChI=1S/C11H13BrFNO5S/c1-18-3-2-4-19-11(15)8-5-7(13)6-9(10(8)12)20(14,16)17/h5-6H,2-4H2,1H3,(H2,14,16,17). The number of hydrogen-bond donors (Lipinski definition) is 1. The second-order valence-electron chi connectivity index (χ2n) is 3.79. The third-order valence-electron chi connectivity index (χ3n) is 2.26. The molecule has 0 saturated heterocycles. The predicted molar refractivity (Wildman–Crippen MR) is 72.2 cm³/mol. The Hall–Kier alpha value is -1.03. The van der Waals surface area contributed by atoms with Crippen molar-refractivity contribution in [3.05, 3.63) is 28.0 Å². The predicted octanol–water partition coefficient (Wildman–Crippen LogP) is 1.43. The lowest BCUT2D eigenvalue weighted by atomic mass is 10.2. The summed E-state index contributed by atoms with van der Waals surface area (Å²) in [5.74, 6) is -1.75. The summed E-state index contributed by atoms with van der Waals surface area (Å²) in [7, 11) is -2.65. The number of primary sulfonamides is 1. The molecule has 1 rings (SSSR count). The molecule has 0 radical (unpaired) electrons. The Morgan fingerprint density at radius 1 is 1.40 bits per heavy atom. The quantitative estimate of drug-likeness (QED) is 0.604. The summed E-state index contributed by atoms with van der Waals surface area (Å²) >= 11 is 2.92. The number of carbonyl (C=O) groups excluding carboxylic acids is 1. The fraction of sp³-hybridized carbons (Fsp3) is 0.364. The van der Waals surface area contributed by atoms with Crippen molar-refractivity contribution in [2.45, 2.75) is 11.3 Å². The molecule has 6 nitrogen and oxygen atoms in total. The Kier molecular flexibility index (Phi) is 6.06. The molecule has 0 fully saturated rings. The first-order chi connectivity index (χ1) is 9.27. The first-order valence-electron chi connectivity index (χ1n) is 5.45. The maximum Gasteiger partial charge on any atom is 0.339 e. The summed E-state index contributed by atoms with van der Waals surface area (Å²) in [6, 6.07) is 1.60. The topological polar surface area (TPSA) is 95.7 Å². The molecular weight excluding hydrogens is 357 g/mol. The number of rotatable bonds is 6. The highest BCUT2D eigenvalue weighted by atomic mass is 79.9. The van der Waals surface area contributed by atoms with Gasteiger partial charge in [0, 0.05) is 20.1 Å². The van der Waals surface area contributed by atoms with Crippen LogP contribution in [0.1, 0.15) is 16.8 Å². The van der Waals surface area contributed by atoms with Crippen LogP contribution >= 0.6 is 15.9 Å². The number of methoxy groups -OCH3 is 1. The van der Waals surface area contributed by atoms with Crippen molar-refractivity contribution in [1.82, 2.24) is 0 Å². The zero-order valence-electron chi connectivity index (χ0n) is 10.6. The number of nitrogens with two attached hydrogens (primary N) is 1. The van der Waals surface area contributed by atoms with Gasteiger partial charge in [0.1, 0.15) is 5.82 Å².